The highest BCUT2D eigenvalue weighted by atomic mass is 32.2. The van der Waals surface area contributed by atoms with Crippen molar-refractivity contribution in [3.63, 3.8) is 0 Å². The molecule has 1 aliphatic rings. The Morgan fingerprint density at radius 3 is 2.61 bits per heavy atom. The van der Waals surface area contributed by atoms with Crippen LogP contribution in [0.1, 0.15) is 29.7 Å². The van der Waals surface area contributed by atoms with E-state index >= 15 is 0 Å². The molecular weight excluding hydrogens is 470 g/mol. The van der Waals surface area contributed by atoms with Crippen LogP contribution in [0.3, 0.4) is 0 Å². The Morgan fingerprint density at radius 1 is 1.06 bits per heavy atom. The van der Waals surface area contributed by atoms with Gasteiger partial charge in [-0.15, -0.1) is 5.10 Å². The van der Waals surface area contributed by atoms with Crippen molar-refractivity contribution < 1.29 is 9.53 Å². The molecule has 2 heterocycles. The number of benzene rings is 3. The van der Waals surface area contributed by atoms with Gasteiger partial charge in [0.25, 0.3) is 5.91 Å². The highest BCUT2D eigenvalue weighted by Crippen LogP contribution is 2.38. The Bertz CT molecular complexity index is 1430. The van der Waals surface area contributed by atoms with Gasteiger partial charge in [-0.05, 0) is 54.8 Å². The molecule has 36 heavy (non-hydrogen) atoms. The predicted molar refractivity (Wildman–Crippen MR) is 143 cm³/mol. The van der Waals surface area contributed by atoms with Crippen LogP contribution in [0, 0.1) is 6.92 Å². The van der Waals surface area contributed by atoms with E-state index in [0.717, 1.165) is 33.8 Å². The maximum absolute atomic E-state index is 13.6. The molecule has 1 atom stereocenters. The smallest absolute Gasteiger partial charge is 0.255 e. The zero-order valence-corrected chi connectivity index (χ0v) is 21.2. The molecule has 1 aromatic heterocycles. The largest absolute Gasteiger partial charge is 0.497 e. The number of nitrogens with zero attached hydrogens (tertiary/aromatic N) is 3. The van der Waals surface area contributed by atoms with E-state index in [4.69, 9.17) is 14.8 Å². The van der Waals surface area contributed by atoms with Gasteiger partial charge in [0, 0.05) is 17.1 Å². The molecule has 4 aromatic rings. The van der Waals surface area contributed by atoms with E-state index in [1.807, 2.05) is 78.3 Å². The topological polar surface area (TPSA) is 81.1 Å². The van der Waals surface area contributed by atoms with E-state index in [2.05, 4.69) is 29.7 Å². The van der Waals surface area contributed by atoms with Gasteiger partial charge in [0.05, 0.1) is 12.7 Å². The summed E-state index contributed by atoms with van der Waals surface area (Å²) >= 11 is 1.54. The number of ether oxygens (including phenoxy) is 1. The quantitative estimate of drug-likeness (QED) is 0.314. The van der Waals surface area contributed by atoms with Crippen molar-refractivity contribution in [1.29, 1.82) is 0 Å². The highest BCUT2D eigenvalue weighted by Gasteiger charge is 2.35. The van der Waals surface area contributed by atoms with E-state index in [1.165, 1.54) is 0 Å². The van der Waals surface area contributed by atoms with Crippen LogP contribution in [-0.4, -0.2) is 27.8 Å². The number of hydrogen-bond acceptors (Lipinski definition) is 6. The summed E-state index contributed by atoms with van der Waals surface area (Å²) in [5.41, 5.74) is 5.30. The van der Waals surface area contributed by atoms with Crippen LogP contribution in [0.15, 0.2) is 95.3 Å². The molecule has 0 radical (unpaired) electrons. The normalized spacial score (nSPS) is 14.7. The van der Waals surface area contributed by atoms with Gasteiger partial charge in [0.1, 0.15) is 11.8 Å². The maximum Gasteiger partial charge on any atom is 0.255 e. The number of rotatable bonds is 7. The highest BCUT2D eigenvalue weighted by molar-refractivity contribution is 7.98. The minimum absolute atomic E-state index is 0.175. The Labute approximate surface area is 214 Å². The van der Waals surface area contributed by atoms with Gasteiger partial charge in [0.2, 0.25) is 11.1 Å². The van der Waals surface area contributed by atoms with Crippen molar-refractivity contribution in [2.45, 2.75) is 30.8 Å². The minimum Gasteiger partial charge on any atom is -0.497 e. The van der Waals surface area contributed by atoms with E-state index < -0.39 is 6.04 Å². The molecule has 7 nitrogen and oxygen atoms in total. The second kappa shape index (κ2) is 10.3. The molecule has 1 aliphatic heterocycles. The number of fused-ring (bicyclic) bond motifs is 1. The molecule has 5 rings (SSSR count). The summed E-state index contributed by atoms with van der Waals surface area (Å²) in [6, 6.07) is 25.1. The summed E-state index contributed by atoms with van der Waals surface area (Å²) in [6.07, 6.45) is 0. The summed E-state index contributed by atoms with van der Waals surface area (Å²) in [4.78, 5) is 18.3. The first-order valence-corrected chi connectivity index (χ1v) is 12.6. The molecule has 8 heteroatoms. The van der Waals surface area contributed by atoms with Crippen molar-refractivity contribution in [3.05, 3.63) is 107 Å². The first-order valence-electron chi connectivity index (χ1n) is 11.7. The molecule has 0 bridgehead atoms. The molecule has 2 N–H and O–H groups in total. The molecule has 0 saturated carbocycles. The van der Waals surface area contributed by atoms with Crippen molar-refractivity contribution in [3.8, 4) is 5.75 Å². The zero-order chi connectivity index (χ0) is 25.1. The Morgan fingerprint density at radius 2 is 1.83 bits per heavy atom. The van der Waals surface area contributed by atoms with E-state index in [1.54, 1.807) is 18.9 Å². The van der Waals surface area contributed by atoms with Gasteiger partial charge < -0.3 is 15.4 Å². The number of amides is 1. The monoisotopic (exact) mass is 497 g/mol. The maximum atomic E-state index is 13.6. The average Bonchev–Trinajstić information content (AvgIpc) is 3.30. The first kappa shape index (κ1) is 23.7. The van der Waals surface area contributed by atoms with Crippen molar-refractivity contribution in [1.82, 2.24) is 14.8 Å². The number of methoxy groups -OCH3 is 1. The van der Waals surface area contributed by atoms with Gasteiger partial charge in [-0.1, -0.05) is 66.4 Å². The van der Waals surface area contributed by atoms with Gasteiger partial charge in [-0.3, -0.25) is 4.79 Å². The first-order chi connectivity index (χ1) is 17.5. The lowest BCUT2D eigenvalue weighted by Gasteiger charge is -2.29. The minimum atomic E-state index is -0.412. The van der Waals surface area contributed by atoms with Gasteiger partial charge in [0.15, 0.2) is 0 Å². The van der Waals surface area contributed by atoms with E-state index in [0.29, 0.717) is 22.4 Å². The summed E-state index contributed by atoms with van der Waals surface area (Å²) in [6.45, 7) is 3.96. The number of aryl methyl sites for hydroxylation is 1. The lowest BCUT2D eigenvalue weighted by molar-refractivity contribution is -0.113. The average molecular weight is 498 g/mol. The predicted octanol–water partition coefficient (Wildman–Crippen LogP) is 5.82. The fraction of sp³-hybridized carbons (Fsp3) is 0.179. The van der Waals surface area contributed by atoms with Gasteiger partial charge in [-0.25, -0.2) is 4.68 Å². The Balaban J connectivity index is 1.48. The van der Waals surface area contributed by atoms with Crippen molar-refractivity contribution in [2.24, 2.45) is 0 Å². The molecule has 0 unspecified atom stereocenters. The lowest BCUT2D eigenvalue weighted by atomic mass is 9.92. The number of aromatic nitrogens is 3. The van der Waals surface area contributed by atoms with Crippen LogP contribution < -0.4 is 15.4 Å². The van der Waals surface area contributed by atoms with Crippen molar-refractivity contribution >= 4 is 29.3 Å². The molecule has 1 amide bonds. The second-order valence-corrected chi connectivity index (χ2v) is 9.49. The fourth-order valence-electron chi connectivity index (χ4n) is 4.30. The summed E-state index contributed by atoms with van der Waals surface area (Å²) in [7, 11) is 1.66. The van der Waals surface area contributed by atoms with Crippen LogP contribution in [0.2, 0.25) is 0 Å². The van der Waals surface area contributed by atoms with Crippen LogP contribution in [0.25, 0.3) is 0 Å². The molecule has 182 valence electrons. The summed E-state index contributed by atoms with van der Waals surface area (Å²) in [5, 5.41) is 11.8. The summed E-state index contributed by atoms with van der Waals surface area (Å²) < 4.78 is 7.16. The van der Waals surface area contributed by atoms with Gasteiger partial charge in [-0.2, -0.15) is 4.98 Å². The molecule has 0 saturated heterocycles. The Kier molecular flexibility index (Phi) is 6.77. The van der Waals surface area contributed by atoms with Crippen LogP contribution >= 0.6 is 11.8 Å². The van der Waals surface area contributed by atoms with Crippen LogP contribution in [-0.2, 0) is 10.5 Å². The zero-order valence-electron chi connectivity index (χ0n) is 20.4. The summed E-state index contributed by atoms with van der Waals surface area (Å²) in [5.74, 6) is 1.96. The number of allylic oxidation sites excluding steroid dienone is 1. The number of thioether (sulfide) groups is 1. The Hall–Kier alpha value is -4.04. The molecular formula is C28H27N5O2S. The van der Waals surface area contributed by atoms with E-state index in [-0.39, 0.29) is 5.91 Å². The number of para-hydroxylation sites is 1. The number of nitrogens with one attached hydrogen (secondary N) is 2. The van der Waals surface area contributed by atoms with Gasteiger partial charge >= 0.3 is 0 Å². The molecule has 0 fully saturated rings. The second-order valence-electron chi connectivity index (χ2n) is 8.55. The SMILES string of the molecule is COc1cccc(CSc2nc3n(n2)[C@@H](c2ccccc2C)C(C(=O)Nc2ccccc2)=C(C)N3)c1. The van der Waals surface area contributed by atoms with Crippen LogP contribution in [0.5, 0.6) is 5.75 Å². The van der Waals surface area contributed by atoms with Crippen molar-refractivity contribution in [2.75, 3.05) is 17.7 Å². The number of anilines is 2. The third-order valence-electron chi connectivity index (χ3n) is 6.09. The fourth-order valence-corrected chi connectivity index (χ4v) is 5.07. The number of carbonyl (C=O) groups is 1. The lowest BCUT2D eigenvalue weighted by Crippen LogP contribution is -2.31. The van der Waals surface area contributed by atoms with E-state index in [9.17, 15) is 4.79 Å². The third-order valence-corrected chi connectivity index (χ3v) is 7.00. The molecule has 0 spiro atoms. The standard InChI is InChI=1S/C28H27N5O2S/c1-18-10-7-8-15-23(18)25-24(26(34)30-21-12-5-4-6-13-21)19(2)29-27-31-28(32-33(25)27)36-17-20-11-9-14-22(16-20)35-3/h4-16,25H,17H2,1-3H3,(H,30,34)(H,29,31,32)/t25-/m0/s1. The third kappa shape index (κ3) is 4.85. The number of hydrogen-bond donors (Lipinski definition) is 2. The van der Waals surface area contributed by atoms with Crippen LogP contribution in [0.4, 0.5) is 11.6 Å². The number of carbonyl (C=O) groups excluding carboxylic acids is 1. The molecule has 0 aliphatic carbocycles. The molecule has 3 aromatic carbocycles.